The van der Waals surface area contributed by atoms with Gasteiger partial charge in [0.15, 0.2) is 0 Å². The van der Waals surface area contributed by atoms with Crippen molar-refractivity contribution < 1.29 is 0 Å². The van der Waals surface area contributed by atoms with Crippen LogP contribution < -0.4 is 5.32 Å². The van der Waals surface area contributed by atoms with Crippen LogP contribution in [0.25, 0.3) is 0 Å². The van der Waals surface area contributed by atoms with Crippen LogP contribution in [0, 0.1) is 5.92 Å². The van der Waals surface area contributed by atoms with Gasteiger partial charge < -0.3 is 5.32 Å². The molecule has 0 amide bonds. The van der Waals surface area contributed by atoms with E-state index in [1.54, 1.807) is 0 Å². The van der Waals surface area contributed by atoms with Crippen molar-refractivity contribution in [1.82, 2.24) is 10.2 Å². The molecule has 0 radical (unpaired) electrons. The Morgan fingerprint density at radius 3 is 2.94 bits per heavy atom. The largest absolute Gasteiger partial charge is 0.319 e. The van der Waals surface area contributed by atoms with Gasteiger partial charge in [-0.05, 0) is 57.1 Å². The number of hydrogen-bond donors (Lipinski definition) is 1. The molecule has 1 aromatic carbocycles. The fraction of sp³-hybridized carbons (Fsp3) is 0.571. The average molecular weight is 289 g/mol. The highest BCUT2D eigenvalue weighted by atomic mass is 35.5. The summed E-state index contributed by atoms with van der Waals surface area (Å²) in [5.41, 5.74) is 1.32. The highest BCUT2D eigenvalue weighted by Crippen LogP contribution is 2.28. The highest BCUT2D eigenvalue weighted by Gasteiger charge is 2.26. The number of rotatable bonds is 4. The van der Waals surface area contributed by atoms with E-state index in [1.165, 1.54) is 25.1 Å². The summed E-state index contributed by atoms with van der Waals surface area (Å²) in [5.74, 6) is 0.793. The summed E-state index contributed by atoms with van der Waals surface area (Å²) in [6.45, 7) is 5.78. The molecule has 0 aromatic heterocycles. The summed E-state index contributed by atoms with van der Waals surface area (Å²) in [7, 11) is 2.03. The van der Waals surface area contributed by atoms with Crippen molar-refractivity contribution in [2.24, 2.45) is 5.92 Å². The summed E-state index contributed by atoms with van der Waals surface area (Å²) >= 11 is 6.05. The van der Waals surface area contributed by atoms with Crippen molar-refractivity contribution in [1.29, 1.82) is 0 Å². The van der Waals surface area contributed by atoms with Crippen molar-refractivity contribution in [2.45, 2.75) is 19.4 Å². The van der Waals surface area contributed by atoms with Crippen LogP contribution in [0.4, 0.5) is 0 Å². The van der Waals surface area contributed by atoms with Gasteiger partial charge in [-0.2, -0.15) is 0 Å². The van der Waals surface area contributed by atoms with Crippen LogP contribution in [0.3, 0.4) is 0 Å². The van der Waals surface area contributed by atoms with Gasteiger partial charge in [-0.1, -0.05) is 23.7 Å². The van der Waals surface area contributed by atoms with Gasteiger partial charge in [-0.15, -0.1) is 12.4 Å². The normalized spacial score (nSPS) is 21.6. The van der Waals surface area contributed by atoms with Gasteiger partial charge >= 0.3 is 0 Å². The number of hydrogen-bond acceptors (Lipinski definition) is 2. The van der Waals surface area contributed by atoms with Gasteiger partial charge in [0.25, 0.3) is 0 Å². The molecule has 0 spiro atoms. The van der Waals surface area contributed by atoms with E-state index in [0.717, 1.165) is 17.5 Å². The molecular weight excluding hydrogens is 267 g/mol. The average Bonchev–Trinajstić information content (AvgIpc) is 2.77. The van der Waals surface area contributed by atoms with E-state index in [4.69, 9.17) is 11.6 Å². The fourth-order valence-electron chi connectivity index (χ4n) is 2.65. The van der Waals surface area contributed by atoms with Crippen molar-refractivity contribution in [3.8, 4) is 0 Å². The quantitative estimate of drug-likeness (QED) is 0.914. The second kappa shape index (κ2) is 7.34. The standard InChI is InChI=1S/C14H21ClN2.ClH/c1-11(13-4-3-5-14(15)8-13)17-7-6-12(10-17)9-16-2;/h3-5,8,11-12,16H,6-7,9-10H2,1-2H3;1H. The lowest BCUT2D eigenvalue weighted by atomic mass is 10.1. The Bertz CT molecular complexity index is 371. The first-order valence-corrected chi connectivity index (χ1v) is 6.72. The summed E-state index contributed by atoms with van der Waals surface area (Å²) < 4.78 is 0. The van der Waals surface area contributed by atoms with Gasteiger partial charge in [0, 0.05) is 17.6 Å². The van der Waals surface area contributed by atoms with Crippen LogP contribution in [0.2, 0.25) is 5.02 Å². The third-order valence-corrected chi connectivity index (χ3v) is 3.92. The van der Waals surface area contributed by atoms with Gasteiger partial charge in [-0.25, -0.2) is 0 Å². The minimum absolute atomic E-state index is 0. The Morgan fingerprint density at radius 1 is 1.50 bits per heavy atom. The summed E-state index contributed by atoms with van der Waals surface area (Å²) in [4.78, 5) is 2.55. The van der Waals surface area contributed by atoms with Gasteiger partial charge in [0.1, 0.15) is 0 Å². The van der Waals surface area contributed by atoms with Crippen LogP contribution in [-0.2, 0) is 0 Å². The second-order valence-electron chi connectivity index (χ2n) is 4.94. The van der Waals surface area contributed by atoms with Crippen LogP contribution in [0.1, 0.15) is 24.9 Å². The predicted octanol–water partition coefficient (Wildman–Crippen LogP) is 3.36. The third kappa shape index (κ3) is 3.86. The van der Waals surface area contributed by atoms with Crippen molar-refractivity contribution in [2.75, 3.05) is 26.7 Å². The van der Waals surface area contributed by atoms with Gasteiger partial charge in [0.2, 0.25) is 0 Å². The topological polar surface area (TPSA) is 15.3 Å². The molecule has 0 bridgehead atoms. The molecule has 1 saturated heterocycles. The first kappa shape index (κ1) is 15.8. The molecule has 102 valence electrons. The molecule has 1 heterocycles. The predicted molar refractivity (Wildman–Crippen MR) is 80.7 cm³/mol. The lowest BCUT2D eigenvalue weighted by Crippen LogP contribution is -2.27. The van der Waals surface area contributed by atoms with Crippen LogP contribution in [0.5, 0.6) is 0 Å². The lowest BCUT2D eigenvalue weighted by Gasteiger charge is -2.25. The van der Waals surface area contributed by atoms with E-state index in [1.807, 2.05) is 19.2 Å². The first-order chi connectivity index (χ1) is 8.20. The van der Waals surface area contributed by atoms with Gasteiger partial charge in [-0.3, -0.25) is 4.90 Å². The maximum atomic E-state index is 6.05. The highest BCUT2D eigenvalue weighted by molar-refractivity contribution is 6.30. The maximum Gasteiger partial charge on any atom is 0.0409 e. The molecule has 2 unspecified atom stereocenters. The van der Waals surface area contributed by atoms with Gasteiger partial charge in [0.05, 0.1) is 0 Å². The molecule has 0 saturated carbocycles. The molecular formula is C14H22Cl2N2. The molecule has 1 aromatic rings. The number of nitrogens with zero attached hydrogens (tertiary/aromatic N) is 1. The Balaban J connectivity index is 0.00000162. The second-order valence-corrected chi connectivity index (χ2v) is 5.37. The van der Waals surface area contributed by atoms with Crippen molar-refractivity contribution >= 4 is 24.0 Å². The lowest BCUT2D eigenvalue weighted by molar-refractivity contribution is 0.252. The number of benzene rings is 1. The van der Waals surface area contributed by atoms with E-state index in [9.17, 15) is 0 Å². The molecule has 1 aliphatic rings. The number of halogens is 2. The molecule has 18 heavy (non-hydrogen) atoms. The summed E-state index contributed by atoms with van der Waals surface area (Å²) in [6, 6.07) is 8.69. The monoisotopic (exact) mass is 288 g/mol. The van der Waals surface area contributed by atoms with E-state index in [-0.39, 0.29) is 12.4 Å². The summed E-state index contributed by atoms with van der Waals surface area (Å²) in [5, 5.41) is 4.10. The SMILES string of the molecule is CNCC1CCN(C(C)c2cccc(Cl)c2)C1.Cl. The Labute approximate surface area is 121 Å². The zero-order valence-corrected chi connectivity index (χ0v) is 12.6. The van der Waals surface area contributed by atoms with E-state index in [0.29, 0.717) is 6.04 Å². The molecule has 4 heteroatoms. The van der Waals surface area contributed by atoms with Crippen LogP contribution in [0.15, 0.2) is 24.3 Å². The molecule has 2 rings (SSSR count). The van der Waals surface area contributed by atoms with Crippen LogP contribution >= 0.6 is 24.0 Å². The minimum atomic E-state index is 0. The maximum absolute atomic E-state index is 6.05. The molecule has 1 aliphatic heterocycles. The first-order valence-electron chi connectivity index (χ1n) is 6.35. The Kier molecular flexibility index (Phi) is 6.44. The molecule has 1 N–H and O–H groups in total. The van der Waals surface area contributed by atoms with E-state index < -0.39 is 0 Å². The molecule has 1 fully saturated rings. The zero-order chi connectivity index (χ0) is 12.3. The minimum Gasteiger partial charge on any atom is -0.319 e. The zero-order valence-electron chi connectivity index (χ0n) is 11.0. The van der Waals surface area contributed by atoms with Crippen molar-refractivity contribution in [3.63, 3.8) is 0 Å². The third-order valence-electron chi connectivity index (χ3n) is 3.69. The number of nitrogens with one attached hydrogen (secondary N) is 1. The van der Waals surface area contributed by atoms with E-state index in [2.05, 4.69) is 29.3 Å². The van der Waals surface area contributed by atoms with Crippen LogP contribution in [-0.4, -0.2) is 31.6 Å². The Hall–Kier alpha value is -0.280. The number of likely N-dealkylation sites (tertiary alicyclic amines) is 1. The Morgan fingerprint density at radius 2 is 2.28 bits per heavy atom. The van der Waals surface area contributed by atoms with E-state index >= 15 is 0 Å². The molecule has 0 aliphatic carbocycles. The van der Waals surface area contributed by atoms with Crippen molar-refractivity contribution in [3.05, 3.63) is 34.9 Å². The fourth-order valence-corrected chi connectivity index (χ4v) is 2.85. The summed E-state index contributed by atoms with van der Waals surface area (Å²) in [6.07, 6.45) is 1.30. The molecule has 2 atom stereocenters. The molecule has 2 nitrogen and oxygen atoms in total. The smallest absolute Gasteiger partial charge is 0.0409 e.